The second-order valence-electron chi connectivity index (χ2n) is 13.8. The van der Waals surface area contributed by atoms with E-state index in [1.165, 1.54) is 51.4 Å². The molecular formula is C29H50O2. The lowest BCUT2D eigenvalue weighted by Crippen LogP contribution is -2.56. The molecule has 5 saturated carbocycles. The van der Waals surface area contributed by atoms with Crippen molar-refractivity contribution in [1.29, 1.82) is 0 Å². The molecule has 2 N–H and O–H groups in total. The van der Waals surface area contributed by atoms with E-state index in [1.807, 2.05) is 0 Å². The summed E-state index contributed by atoms with van der Waals surface area (Å²) in [6.07, 6.45) is 14.8. The summed E-state index contributed by atoms with van der Waals surface area (Å²) in [7, 11) is 0. The molecule has 0 aromatic carbocycles. The van der Waals surface area contributed by atoms with E-state index in [1.54, 1.807) is 0 Å². The number of hydrogen-bond acceptors (Lipinski definition) is 2. The van der Waals surface area contributed by atoms with Gasteiger partial charge in [0.15, 0.2) is 0 Å². The van der Waals surface area contributed by atoms with E-state index in [0.717, 1.165) is 61.2 Å². The molecule has 0 radical (unpaired) electrons. The highest BCUT2D eigenvalue weighted by molar-refractivity contribution is 5.11. The Bertz CT molecular complexity index is 676. The van der Waals surface area contributed by atoms with Gasteiger partial charge in [0.25, 0.3) is 0 Å². The van der Waals surface area contributed by atoms with Crippen LogP contribution in [0.5, 0.6) is 0 Å². The predicted molar refractivity (Wildman–Crippen MR) is 128 cm³/mol. The summed E-state index contributed by atoms with van der Waals surface area (Å²) >= 11 is 0. The molecule has 2 heteroatoms. The Hall–Kier alpha value is -0.0800. The van der Waals surface area contributed by atoms with Gasteiger partial charge in [0.05, 0.1) is 11.7 Å². The molecule has 0 aromatic rings. The van der Waals surface area contributed by atoms with Gasteiger partial charge in [-0.05, 0) is 135 Å². The second-order valence-corrected chi connectivity index (χ2v) is 13.8. The van der Waals surface area contributed by atoms with Crippen LogP contribution in [-0.2, 0) is 0 Å². The lowest BCUT2D eigenvalue weighted by atomic mass is 9.43. The van der Waals surface area contributed by atoms with Crippen molar-refractivity contribution in [3.8, 4) is 0 Å². The van der Waals surface area contributed by atoms with Gasteiger partial charge in [0.1, 0.15) is 0 Å². The van der Waals surface area contributed by atoms with Crippen LogP contribution in [0.25, 0.3) is 0 Å². The van der Waals surface area contributed by atoms with E-state index in [9.17, 15) is 10.2 Å². The van der Waals surface area contributed by atoms with Crippen molar-refractivity contribution < 1.29 is 10.2 Å². The summed E-state index contributed by atoms with van der Waals surface area (Å²) in [5, 5.41) is 22.1. The van der Waals surface area contributed by atoms with Crippen LogP contribution in [-0.4, -0.2) is 21.9 Å². The Labute approximate surface area is 192 Å². The van der Waals surface area contributed by atoms with E-state index in [0.29, 0.717) is 22.7 Å². The molecule has 5 aliphatic carbocycles. The van der Waals surface area contributed by atoms with E-state index in [2.05, 4.69) is 34.6 Å². The van der Waals surface area contributed by atoms with Gasteiger partial charge < -0.3 is 10.2 Å². The molecule has 12 atom stereocenters. The van der Waals surface area contributed by atoms with Crippen molar-refractivity contribution in [2.45, 2.75) is 123 Å². The van der Waals surface area contributed by atoms with Crippen LogP contribution in [0.3, 0.4) is 0 Å². The third-order valence-corrected chi connectivity index (χ3v) is 12.6. The SMILES string of the molecule is CC[C@]1(O)CC[C@@]2(C)[C@@H](CC[C@@H]3[C@@H]2CC[C@]2(C)[C@@H](C(C)C(O)C[C@H]4C[C@@H]4C)CC[C@@H]32)C1. The molecule has 178 valence electrons. The number of aliphatic hydroxyl groups excluding tert-OH is 1. The molecule has 0 amide bonds. The van der Waals surface area contributed by atoms with Crippen molar-refractivity contribution in [1.82, 2.24) is 0 Å². The van der Waals surface area contributed by atoms with Gasteiger partial charge in [-0.1, -0.05) is 34.6 Å². The Balaban J connectivity index is 1.31. The fraction of sp³-hybridized carbons (Fsp3) is 1.00. The van der Waals surface area contributed by atoms with Crippen molar-refractivity contribution in [3.05, 3.63) is 0 Å². The fourth-order valence-corrected chi connectivity index (χ4v) is 10.1. The maximum absolute atomic E-state index is 11.1. The molecule has 2 nitrogen and oxygen atoms in total. The predicted octanol–water partition coefficient (Wildman–Crippen LogP) is 6.83. The zero-order chi connectivity index (χ0) is 22.2. The Morgan fingerprint density at radius 1 is 0.935 bits per heavy atom. The standard InChI is InChI=1S/C29H50O2/c1-6-29(31)14-13-27(4)21(17-29)7-8-22-24-10-9-23(28(24,5)12-11-25(22)27)19(3)26(30)16-20-15-18(20)2/h18-26,30-31H,6-17H2,1-5H3/t18-,19?,20+,21-,22-,23+,24-,25-,26?,27-,28+,29-/m0/s1. The molecule has 0 aromatic heterocycles. The summed E-state index contributed by atoms with van der Waals surface area (Å²) in [4.78, 5) is 0. The highest BCUT2D eigenvalue weighted by Gasteiger charge is 2.61. The van der Waals surface area contributed by atoms with Crippen LogP contribution in [0.1, 0.15) is 112 Å². The summed E-state index contributed by atoms with van der Waals surface area (Å²) in [6, 6.07) is 0. The quantitative estimate of drug-likeness (QED) is 0.502. The first-order valence-electron chi connectivity index (χ1n) is 14.0. The molecule has 0 saturated heterocycles. The Kier molecular flexibility index (Phi) is 5.66. The number of hydrogen-bond donors (Lipinski definition) is 2. The largest absolute Gasteiger partial charge is 0.393 e. The third kappa shape index (κ3) is 3.56. The van der Waals surface area contributed by atoms with Crippen molar-refractivity contribution in [2.75, 3.05) is 0 Å². The first-order chi connectivity index (χ1) is 14.6. The van der Waals surface area contributed by atoms with Crippen molar-refractivity contribution in [3.63, 3.8) is 0 Å². The minimum atomic E-state index is -0.386. The van der Waals surface area contributed by atoms with Crippen LogP contribution in [0, 0.1) is 58.2 Å². The average Bonchev–Trinajstić information content (AvgIpc) is 3.30. The maximum Gasteiger partial charge on any atom is 0.0648 e. The topological polar surface area (TPSA) is 40.5 Å². The summed E-state index contributed by atoms with van der Waals surface area (Å²) in [5.74, 6) is 6.18. The first-order valence-corrected chi connectivity index (χ1v) is 14.0. The Morgan fingerprint density at radius 2 is 1.65 bits per heavy atom. The average molecular weight is 431 g/mol. The van der Waals surface area contributed by atoms with E-state index >= 15 is 0 Å². The normalized spacial score (nSPS) is 55.6. The van der Waals surface area contributed by atoms with Gasteiger partial charge in [0, 0.05) is 0 Å². The second kappa shape index (κ2) is 7.72. The lowest BCUT2D eigenvalue weighted by Gasteiger charge is -2.62. The van der Waals surface area contributed by atoms with Crippen molar-refractivity contribution >= 4 is 0 Å². The minimum Gasteiger partial charge on any atom is -0.393 e. The minimum absolute atomic E-state index is 0.0911. The van der Waals surface area contributed by atoms with Crippen molar-refractivity contribution in [2.24, 2.45) is 58.2 Å². The van der Waals surface area contributed by atoms with Gasteiger partial charge in [-0.3, -0.25) is 0 Å². The highest BCUT2D eigenvalue weighted by Crippen LogP contribution is 2.69. The van der Waals surface area contributed by atoms with Crippen LogP contribution in [0.2, 0.25) is 0 Å². The van der Waals surface area contributed by atoms with Gasteiger partial charge in [-0.2, -0.15) is 0 Å². The van der Waals surface area contributed by atoms with Gasteiger partial charge in [-0.25, -0.2) is 0 Å². The molecule has 5 fully saturated rings. The molecule has 0 bridgehead atoms. The van der Waals surface area contributed by atoms with Crippen LogP contribution in [0.4, 0.5) is 0 Å². The zero-order valence-electron chi connectivity index (χ0n) is 21.1. The molecule has 0 aliphatic heterocycles. The van der Waals surface area contributed by atoms with Gasteiger partial charge >= 0.3 is 0 Å². The van der Waals surface area contributed by atoms with Crippen LogP contribution < -0.4 is 0 Å². The van der Waals surface area contributed by atoms with Gasteiger partial charge in [-0.15, -0.1) is 0 Å². The maximum atomic E-state index is 11.1. The Morgan fingerprint density at radius 3 is 2.32 bits per heavy atom. The number of fused-ring (bicyclic) bond motifs is 5. The molecule has 31 heavy (non-hydrogen) atoms. The van der Waals surface area contributed by atoms with E-state index in [4.69, 9.17) is 0 Å². The highest BCUT2D eigenvalue weighted by atomic mass is 16.3. The number of aliphatic hydroxyl groups is 2. The summed E-state index contributed by atoms with van der Waals surface area (Å²) in [5.41, 5.74) is 0.513. The van der Waals surface area contributed by atoms with Crippen LogP contribution in [0.15, 0.2) is 0 Å². The zero-order valence-corrected chi connectivity index (χ0v) is 21.1. The smallest absolute Gasteiger partial charge is 0.0648 e. The third-order valence-electron chi connectivity index (χ3n) is 12.6. The van der Waals surface area contributed by atoms with E-state index in [-0.39, 0.29) is 11.7 Å². The first kappa shape index (κ1) is 22.7. The molecule has 0 spiro atoms. The molecule has 0 heterocycles. The van der Waals surface area contributed by atoms with Gasteiger partial charge in [0.2, 0.25) is 0 Å². The summed E-state index contributed by atoms with van der Waals surface area (Å²) < 4.78 is 0. The summed E-state index contributed by atoms with van der Waals surface area (Å²) in [6.45, 7) is 12.1. The van der Waals surface area contributed by atoms with Crippen LogP contribution >= 0.6 is 0 Å². The molecule has 5 aliphatic rings. The molecule has 2 unspecified atom stereocenters. The fourth-order valence-electron chi connectivity index (χ4n) is 10.1. The van der Waals surface area contributed by atoms with E-state index < -0.39 is 0 Å². The molecule has 5 rings (SSSR count). The lowest BCUT2D eigenvalue weighted by molar-refractivity contribution is -0.154. The number of rotatable bonds is 5. The monoisotopic (exact) mass is 430 g/mol. The molecular weight excluding hydrogens is 380 g/mol.